The van der Waals surface area contributed by atoms with Gasteiger partial charge in [-0.1, -0.05) is 19.1 Å². The molecule has 1 aliphatic rings. The van der Waals surface area contributed by atoms with Crippen LogP contribution in [0, 0.1) is 0 Å². The van der Waals surface area contributed by atoms with Gasteiger partial charge < -0.3 is 14.8 Å². The minimum Gasteiger partial charge on any atom is -0.486 e. The molecule has 112 valence electrons. The molecule has 0 fully saturated rings. The number of fused-ring (bicyclic) bond motifs is 1. The fourth-order valence-corrected chi connectivity index (χ4v) is 4.02. The zero-order chi connectivity index (χ0) is 14.7. The molecule has 0 bridgehead atoms. The van der Waals surface area contributed by atoms with Crippen LogP contribution in [0.15, 0.2) is 40.2 Å². The van der Waals surface area contributed by atoms with Gasteiger partial charge in [0.05, 0.1) is 6.04 Å². The Morgan fingerprint density at radius 3 is 2.90 bits per heavy atom. The van der Waals surface area contributed by atoms with Crippen molar-refractivity contribution in [2.24, 2.45) is 0 Å². The highest BCUT2D eigenvalue weighted by Gasteiger charge is 2.28. The Morgan fingerprint density at radius 2 is 2.19 bits per heavy atom. The molecule has 5 heteroatoms. The van der Waals surface area contributed by atoms with E-state index >= 15 is 0 Å². The van der Waals surface area contributed by atoms with Crippen LogP contribution in [0.5, 0.6) is 11.5 Å². The van der Waals surface area contributed by atoms with E-state index in [1.54, 1.807) is 11.3 Å². The van der Waals surface area contributed by atoms with Crippen molar-refractivity contribution < 1.29 is 9.47 Å². The van der Waals surface area contributed by atoms with E-state index < -0.39 is 0 Å². The second-order valence-corrected chi connectivity index (χ2v) is 6.93. The van der Waals surface area contributed by atoms with Gasteiger partial charge in [-0.05, 0) is 40.7 Å². The molecule has 3 rings (SSSR count). The number of hydrogen-bond donors (Lipinski definition) is 1. The number of hydrogen-bond acceptors (Lipinski definition) is 4. The van der Waals surface area contributed by atoms with Crippen LogP contribution in [0.1, 0.15) is 11.8 Å². The summed E-state index contributed by atoms with van der Waals surface area (Å²) in [5.41, 5.74) is 0. The van der Waals surface area contributed by atoms with Crippen LogP contribution in [0.3, 0.4) is 0 Å². The van der Waals surface area contributed by atoms with Gasteiger partial charge in [-0.25, -0.2) is 0 Å². The lowest BCUT2D eigenvalue weighted by molar-refractivity contribution is 0.0626. The molecule has 3 nitrogen and oxygen atoms in total. The molecule has 0 amide bonds. The van der Waals surface area contributed by atoms with Gasteiger partial charge in [0.1, 0.15) is 12.7 Å². The second kappa shape index (κ2) is 6.81. The molecule has 2 aromatic rings. The minimum absolute atomic E-state index is 0.0284. The number of thiophene rings is 1. The van der Waals surface area contributed by atoms with Crippen LogP contribution in [0.25, 0.3) is 0 Å². The second-order valence-electron chi connectivity index (χ2n) is 5.01. The predicted molar refractivity (Wildman–Crippen MR) is 89.5 cm³/mol. The van der Waals surface area contributed by atoms with Crippen molar-refractivity contribution in [3.63, 3.8) is 0 Å². The lowest BCUT2D eigenvalue weighted by atomic mass is 10.1. The standard InChI is InChI=1S/C16H18BrNO2S/c1-2-18-13(8-12-7-11(17)10-21-12)16-9-19-14-5-3-4-6-15(14)20-16/h3-7,10,13,16,18H,2,8-9H2,1H3. The Hall–Kier alpha value is -1.04. The highest BCUT2D eigenvalue weighted by atomic mass is 79.9. The van der Waals surface area contributed by atoms with E-state index in [9.17, 15) is 0 Å². The first kappa shape index (κ1) is 14.9. The number of halogens is 1. The SMILES string of the molecule is CCNC(Cc1cc(Br)cs1)C1COc2ccccc2O1. The molecular weight excluding hydrogens is 350 g/mol. The topological polar surface area (TPSA) is 30.5 Å². The third-order valence-corrected chi connectivity index (χ3v) is 5.21. The number of ether oxygens (including phenoxy) is 2. The Bertz CT molecular complexity index is 601. The molecule has 2 heterocycles. The van der Waals surface area contributed by atoms with E-state index in [1.165, 1.54) is 4.88 Å². The molecule has 1 aromatic heterocycles. The highest BCUT2D eigenvalue weighted by Crippen LogP contribution is 2.32. The first-order valence-corrected chi connectivity index (χ1v) is 8.78. The van der Waals surface area contributed by atoms with Crippen molar-refractivity contribution in [1.82, 2.24) is 5.32 Å². The van der Waals surface area contributed by atoms with Crippen molar-refractivity contribution in [2.75, 3.05) is 13.2 Å². The van der Waals surface area contributed by atoms with E-state index in [-0.39, 0.29) is 12.1 Å². The molecule has 0 spiro atoms. The maximum atomic E-state index is 6.13. The molecule has 0 saturated carbocycles. The largest absolute Gasteiger partial charge is 0.486 e. The third kappa shape index (κ3) is 3.59. The molecule has 0 saturated heterocycles. The summed E-state index contributed by atoms with van der Waals surface area (Å²) in [6, 6.07) is 10.3. The summed E-state index contributed by atoms with van der Waals surface area (Å²) in [4.78, 5) is 1.34. The Balaban J connectivity index is 1.72. The fourth-order valence-electron chi connectivity index (χ4n) is 2.51. The predicted octanol–water partition coefficient (Wildman–Crippen LogP) is 3.87. The number of nitrogens with one attached hydrogen (secondary N) is 1. The zero-order valence-corrected chi connectivity index (χ0v) is 14.2. The summed E-state index contributed by atoms with van der Waals surface area (Å²) in [6.07, 6.45) is 0.973. The third-order valence-electron chi connectivity index (χ3n) is 3.49. The van der Waals surface area contributed by atoms with E-state index in [2.05, 4.69) is 39.6 Å². The Labute approximate surface area is 137 Å². The summed E-state index contributed by atoms with van der Waals surface area (Å²) < 4.78 is 13.1. The normalized spacial score (nSPS) is 18.5. The lowest BCUT2D eigenvalue weighted by Crippen LogP contribution is -2.48. The average molecular weight is 368 g/mol. The first-order valence-electron chi connectivity index (χ1n) is 7.11. The minimum atomic E-state index is 0.0284. The molecule has 1 aromatic carbocycles. The first-order chi connectivity index (χ1) is 10.3. The van der Waals surface area contributed by atoms with E-state index in [0.717, 1.165) is 28.9 Å². The number of para-hydroxylation sites is 2. The van der Waals surface area contributed by atoms with Crippen LogP contribution in [-0.4, -0.2) is 25.3 Å². The maximum Gasteiger partial charge on any atom is 0.161 e. The lowest BCUT2D eigenvalue weighted by Gasteiger charge is -2.32. The van der Waals surface area contributed by atoms with Gasteiger partial charge in [-0.3, -0.25) is 0 Å². The fraction of sp³-hybridized carbons (Fsp3) is 0.375. The highest BCUT2D eigenvalue weighted by molar-refractivity contribution is 9.10. The van der Waals surface area contributed by atoms with Crippen LogP contribution in [0.2, 0.25) is 0 Å². The summed E-state index contributed by atoms with van der Waals surface area (Å²) in [5, 5.41) is 5.64. The van der Waals surface area contributed by atoms with Crippen molar-refractivity contribution in [3.05, 3.63) is 45.1 Å². The van der Waals surface area contributed by atoms with Crippen molar-refractivity contribution >= 4 is 27.3 Å². The van der Waals surface area contributed by atoms with Crippen LogP contribution >= 0.6 is 27.3 Å². The molecular formula is C16H18BrNO2S. The number of rotatable bonds is 5. The van der Waals surface area contributed by atoms with Gasteiger partial charge in [0, 0.05) is 21.2 Å². The smallest absolute Gasteiger partial charge is 0.161 e. The van der Waals surface area contributed by atoms with Gasteiger partial charge in [0.15, 0.2) is 11.5 Å². The zero-order valence-electron chi connectivity index (χ0n) is 11.8. The summed E-state index contributed by atoms with van der Waals surface area (Å²) >= 11 is 5.28. The van der Waals surface area contributed by atoms with E-state index in [4.69, 9.17) is 9.47 Å². The van der Waals surface area contributed by atoms with Gasteiger partial charge >= 0.3 is 0 Å². The monoisotopic (exact) mass is 367 g/mol. The maximum absolute atomic E-state index is 6.13. The van der Waals surface area contributed by atoms with Crippen molar-refractivity contribution in [3.8, 4) is 11.5 Å². The summed E-state index contributed by atoms with van der Waals surface area (Å²) in [6.45, 7) is 3.62. The van der Waals surface area contributed by atoms with Crippen LogP contribution in [-0.2, 0) is 6.42 Å². The Morgan fingerprint density at radius 1 is 1.38 bits per heavy atom. The van der Waals surface area contributed by atoms with Gasteiger partial charge in [-0.15, -0.1) is 11.3 Å². The van der Waals surface area contributed by atoms with Crippen molar-refractivity contribution in [1.29, 1.82) is 0 Å². The summed E-state index contributed by atoms with van der Waals surface area (Å²) in [5.74, 6) is 1.67. The molecule has 0 radical (unpaired) electrons. The van der Waals surface area contributed by atoms with Crippen LogP contribution < -0.4 is 14.8 Å². The van der Waals surface area contributed by atoms with Crippen molar-refractivity contribution in [2.45, 2.75) is 25.5 Å². The molecule has 21 heavy (non-hydrogen) atoms. The van der Waals surface area contributed by atoms with E-state index in [1.807, 2.05) is 24.3 Å². The van der Waals surface area contributed by atoms with E-state index in [0.29, 0.717) is 6.61 Å². The average Bonchev–Trinajstić information content (AvgIpc) is 2.91. The Kier molecular flexibility index (Phi) is 4.83. The molecule has 0 aliphatic carbocycles. The number of benzene rings is 1. The van der Waals surface area contributed by atoms with Gasteiger partial charge in [0.25, 0.3) is 0 Å². The molecule has 2 atom stereocenters. The van der Waals surface area contributed by atoms with Gasteiger partial charge in [0.2, 0.25) is 0 Å². The summed E-state index contributed by atoms with van der Waals surface area (Å²) in [7, 11) is 0. The quantitative estimate of drug-likeness (QED) is 0.869. The molecule has 1 N–H and O–H groups in total. The molecule has 2 unspecified atom stereocenters. The molecule has 1 aliphatic heterocycles. The van der Waals surface area contributed by atoms with Crippen LogP contribution in [0.4, 0.5) is 0 Å². The van der Waals surface area contributed by atoms with Gasteiger partial charge in [-0.2, -0.15) is 0 Å². The number of likely N-dealkylation sites (N-methyl/N-ethyl adjacent to an activating group) is 1.